The summed E-state index contributed by atoms with van der Waals surface area (Å²) >= 11 is 0. The molecule has 3 aromatic carbocycles. The highest BCUT2D eigenvalue weighted by Crippen LogP contribution is 2.45. The lowest BCUT2D eigenvalue weighted by Crippen LogP contribution is -2.51. The summed E-state index contributed by atoms with van der Waals surface area (Å²) in [5.41, 5.74) is 8.55. The Morgan fingerprint density at radius 3 is 2.23 bits per heavy atom. The summed E-state index contributed by atoms with van der Waals surface area (Å²) in [6, 6.07) is 20.8. The lowest BCUT2D eigenvalue weighted by atomic mass is 9.82. The van der Waals surface area contributed by atoms with Crippen LogP contribution in [0.2, 0.25) is 0 Å². The standard InChI is InChI=1S/C31H30FNO2/c1-19-14-21(15-20(2)30(19)32)22-16-23-8-7-9-24(17-22)33(23)31(34)35-18-29-27-12-5-3-10-25(27)26-11-4-6-13-28(26)29/h3-6,10-16,23-24,29H,7-9,17-18H2,1-2H3. The van der Waals surface area contributed by atoms with Gasteiger partial charge in [0.05, 0.1) is 6.04 Å². The number of carbonyl (C=O) groups is 1. The summed E-state index contributed by atoms with van der Waals surface area (Å²) in [7, 11) is 0. The van der Waals surface area contributed by atoms with Crippen LogP contribution in [-0.4, -0.2) is 29.7 Å². The summed E-state index contributed by atoms with van der Waals surface area (Å²) in [4.78, 5) is 15.4. The van der Waals surface area contributed by atoms with Gasteiger partial charge in [0.1, 0.15) is 12.4 Å². The first-order valence-corrected chi connectivity index (χ1v) is 12.6. The van der Waals surface area contributed by atoms with Crippen molar-refractivity contribution in [3.63, 3.8) is 0 Å². The van der Waals surface area contributed by atoms with Crippen molar-refractivity contribution < 1.29 is 13.9 Å². The molecule has 6 rings (SSSR count). The third-order valence-corrected chi connectivity index (χ3v) is 7.99. The Morgan fingerprint density at radius 1 is 0.971 bits per heavy atom. The number of piperidine rings is 1. The van der Waals surface area contributed by atoms with Gasteiger partial charge < -0.3 is 4.74 Å². The van der Waals surface area contributed by atoms with Gasteiger partial charge in [-0.15, -0.1) is 0 Å². The predicted octanol–water partition coefficient (Wildman–Crippen LogP) is 7.40. The molecular weight excluding hydrogens is 437 g/mol. The van der Waals surface area contributed by atoms with E-state index in [1.807, 2.05) is 30.9 Å². The van der Waals surface area contributed by atoms with Gasteiger partial charge in [-0.3, -0.25) is 4.90 Å². The molecule has 0 radical (unpaired) electrons. The molecule has 1 fully saturated rings. The summed E-state index contributed by atoms with van der Waals surface area (Å²) < 4.78 is 20.2. The molecule has 2 aliphatic heterocycles. The fourth-order valence-corrected chi connectivity index (χ4v) is 6.33. The fraction of sp³-hybridized carbons (Fsp3) is 0.323. The third-order valence-electron chi connectivity index (χ3n) is 7.99. The van der Waals surface area contributed by atoms with Crippen molar-refractivity contribution in [1.29, 1.82) is 0 Å². The fourth-order valence-electron chi connectivity index (χ4n) is 6.33. The largest absolute Gasteiger partial charge is 0.448 e. The topological polar surface area (TPSA) is 29.5 Å². The zero-order chi connectivity index (χ0) is 24.1. The minimum absolute atomic E-state index is 0.0267. The van der Waals surface area contributed by atoms with Crippen LogP contribution in [0.4, 0.5) is 9.18 Å². The number of carbonyl (C=O) groups excluding carboxylic acids is 1. The van der Waals surface area contributed by atoms with Crippen molar-refractivity contribution >= 4 is 11.7 Å². The van der Waals surface area contributed by atoms with Gasteiger partial charge in [-0.2, -0.15) is 0 Å². The maximum absolute atomic E-state index is 14.2. The molecule has 0 saturated carbocycles. The summed E-state index contributed by atoms with van der Waals surface area (Å²) in [5.74, 6) is -0.0714. The van der Waals surface area contributed by atoms with Crippen LogP contribution in [-0.2, 0) is 4.74 Å². The van der Waals surface area contributed by atoms with E-state index in [2.05, 4.69) is 54.6 Å². The molecule has 1 aliphatic carbocycles. The van der Waals surface area contributed by atoms with Crippen LogP contribution in [0.3, 0.4) is 0 Å². The Labute approximate surface area is 206 Å². The van der Waals surface area contributed by atoms with Crippen LogP contribution in [0.1, 0.15) is 59.4 Å². The van der Waals surface area contributed by atoms with Crippen molar-refractivity contribution in [2.45, 2.75) is 57.5 Å². The molecule has 2 heterocycles. The van der Waals surface area contributed by atoms with Crippen LogP contribution < -0.4 is 0 Å². The van der Waals surface area contributed by atoms with Gasteiger partial charge in [0.25, 0.3) is 0 Å². The molecular formula is C31H30FNO2. The molecule has 0 spiro atoms. The summed E-state index contributed by atoms with van der Waals surface area (Å²) in [6.07, 6.45) is 5.78. The SMILES string of the molecule is Cc1cc(C2=CC3CCCC(C2)N3C(=O)OCC2c3ccccc3-c3ccccc32)cc(C)c1F. The molecule has 178 valence electrons. The van der Waals surface area contributed by atoms with Crippen LogP contribution in [0.5, 0.6) is 0 Å². The Bertz CT molecular complexity index is 1270. The van der Waals surface area contributed by atoms with E-state index in [1.54, 1.807) is 0 Å². The molecule has 1 saturated heterocycles. The lowest BCUT2D eigenvalue weighted by Gasteiger charge is -2.44. The molecule has 1 amide bonds. The number of amides is 1. The van der Waals surface area contributed by atoms with Crippen LogP contribution in [0, 0.1) is 19.7 Å². The Hall–Kier alpha value is -3.40. The maximum Gasteiger partial charge on any atom is 0.410 e. The van der Waals surface area contributed by atoms with E-state index in [9.17, 15) is 9.18 Å². The van der Waals surface area contributed by atoms with E-state index in [0.717, 1.165) is 31.2 Å². The third kappa shape index (κ3) is 3.76. The number of hydrogen-bond acceptors (Lipinski definition) is 2. The number of nitrogens with zero attached hydrogens (tertiary/aromatic N) is 1. The number of aryl methyl sites for hydroxylation is 2. The second kappa shape index (κ2) is 8.67. The van der Waals surface area contributed by atoms with Crippen molar-refractivity contribution in [3.05, 3.63) is 100 Å². The van der Waals surface area contributed by atoms with E-state index in [0.29, 0.717) is 17.7 Å². The average molecular weight is 468 g/mol. The lowest BCUT2D eigenvalue weighted by molar-refractivity contribution is 0.0539. The quantitative estimate of drug-likeness (QED) is 0.402. The number of benzene rings is 3. The van der Waals surface area contributed by atoms with E-state index in [4.69, 9.17) is 4.74 Å². The highest BCUT2D eigenvalue weighted by molar-refractivity contribution is 5.79. The van der Waals surface area contributed by atoms with E-state index >= 15 is 0 Å². The van der Waals surface area contributed by atoms with Gasteiger partial charge in [-0.05, 0) is 96.2 Å². The number of halogens is 1. The minimum atomic E-state index is -0.219. The first kappa shape index (κ1) is 22.1. The zero-order valence-corrected chi connectivity index (χ0v) is 20.3. The molecule has 0 N–H and O–H groups in total. The number of fused-ring (bicyclic) bond motifs is 5. The minimum Gasteiger partial charge on any atom is -0.448 e. The number of hydrogen-bond donors (Lipinski definition) is 0. The number of rotatable bonds is 3. The van der Waals surface area contributed by atoms with Crippen LogP contribution in [0.25, 0.3) is 16.7 Å². The highest BCUT2D eigenvalue weighted by Gasteiger charge is 2.39. The van der Waals surface area contributed by atoms with Crippen molar-refractivity contribution in [2.75, 3.05) is 6.61 Å². The molecule has 3 aromatic rings. The predicted molar refractivity (Wildman–Crippen MR) is 137 cm³/mol. The molecule has 3 aliphatic rings. The van der Waals surface area contributed by atoms with Gasteiger partial charge in [-0.1, -0.05) is 54.6 Å². The first-order chi connectivity index (χ1) is 17.0. The summed E-state index contributed by atoms with van der Waals surface area (Å²) in [6.45, 7) is 3.98. The normalized spacial score (nSPS) is 20.8. The van der Waals surface area contributed by atoms with Gasteiger partial charge in [-0.25, -0.2) is 9.18 Å². The van der Waals surface area contributed by atoms with E-state index in [-0.39, 0.29) is 29.9 Å². The smallest absolute Gasteiger partial charge is 0.410 e. The Morgan fingerprint density at radius 2 is 1.60 bits per heavy atom. The highest BCUT2D eigenvalue weighted by atomic mass is 19.1. The van der Waals surface area contributed by atoms with E-state index in [1.165, 1.54) is 27.8 Å². The van der Waals surface area contributed by atoms with Gasteiger partial charge in [0, 0.05) is 12.0 Å². The van der Waals surface area contributed by atoms with Crippen molar-refractivity contribution in [2.24, 2.45) is 0 Å². The number of ether oxygens (including phenoxy) is 1. The summed E-state index contributed by atoms with van der Waals surface area (Å²) in [5, 5.41) is 0. The van der Waals surface area contributed by atoms with Gasteiger partial charge in [0.2, 0.25) is 0 Å². The van der Waals surface area contributed by atoms with Crippen LogP contribution in [0.15, 0.2) is 66.7 Å². The maximum atomic E-state index is 14.2. The Balaban J connectivity index is 1.23. The average Bonchev–Trinajstić information content (AvgIpc) is 3.18. The molecule has 4 heteroatoms. The molecule has 0 aromatic heterocycles. The van der Waals surface area contributed by atoms with Gasteiger partial charge in [0.15, 0.2) is 0 Å². The Kier molecular flexibility index (Phi) is 5.47. The molecule has 2 unspecified atom stereocenters. The molecule has 35 heavy (non-hydrogen) atoms. The second-order valence-electron chi connectivity index (χ2n) is 10.2. The van der Waals surface area contributed by atoms with Gasteiger partial charge >= 0.3 is 6.09 Å². The first-order valence-electron chi connectivity index (χ1n) is 12.6. The zero-order valence-electron chi connectivity index (χ0n) is 20.3. The molecule has 2 atom stereocenters. The van der Waals surface area contributed by atoms with Crippen molar-refractivity contribution in [3.8, 4) is 11.1 Å². The monoisotopic (exact) mass is 467 g/mol. The second-order valence-corrected chi connectivity index (χ2v) is 10.2. The van der Waals surface area contributed by atoms with Crippen molar-refractivity contribution in [1.82, 2.24) is 4.90 Å². The molecule has 3 nitrogen and oxygen atoms in total. The van der Waals surface area contributed by atoms with E-state index < -0.39 is 0 Å². The van der Waals surface area contributed by atoms with Crippen LogP contribution >= 0.6 is 0 Å². The molecule has 2 bridgehead atoms.